The first-order valence-electron chi connectivity index (χ1n) is 7.10. The average Bonchev–Trinajstić information content (AvgIpc) is 2.63. The minimum absolute atomic E-state index is 0.129. The Morgan fingerprint density at radius 1 is 1.40 bits per heavy atom. The standard InChI is InChI=1S/C14H21ClN2O3/c1-10-11(13(15)20-17-10)8-12(18)16-9-14(19)6-4-2-3-5-7-14/h19H,2-9H2,1H3,(H,16,18). The summed E-state index contributed by atoms with van der Waals surface area (Å²) in [7, 11) is 0. The minimum Gasteiger partial charge on any atom is -0.388 e. The lowest BCUT2D eigenvalue weighted by molar-refractivity contribution is -0.121. The zero-order valence-electron chi connectivity index (χ0n) is 11.7. The Hall–Kier alpha value is -1.07. The van der Waals surface area contributed by atoms with Crippen LogP contribution in [0.15, 0.2) is 4.52 Å². The van der Waals surface area contributed by atoms with E-state index in [4.69, 9.17) is 16.1 Å². The molecule has 0 unspecified atom stereocenters. The van der Waals surface area contributed by atoms with Gasteiger partial charge in [0.15, 0.2) is 0 Å². The fourth-order valence-corrected chi connectivity index (χ4v) is 2.85. The molecule has 0 spiro atoms. The van der Waals surface area contributed by atoms with Crippen molar-refractivity contribution in [3.8, 4) is 0 Å². The van der Waals surface area contributed by atoms with Gasteiger partial charge >= 0.3 is 0 Å². The minimum atomic E-state index is -0.764. The molecule has 1 saturated carbocycles. The predicted octanol–water partition coefficient (Wildman–Crippen LogP) is 2.38. The number of aromatic nitrogens is 1. The van der Waals surface area contributed by atoms with E-state index in [9.17, 15) is 9.90 Å². The molecular formula is C14H21ClN2O3. The zero-order chi connectivity index (χ0) is 14.6. The lowest BCUT2D eigenvalue weighted by Crippen LogP contribution is -2.43. The molecule has 0 aliphatic heterocycles. The molecule has 1 aromatic heterocycles. The molecule has 0 atom stereocenters. The maximum absolute atomic E-state index is 11.9. The summed E-state index contributed by atoms with van der Waals surface area (Å²) in [6.07, 6.45) is 5.98. The van der Waals surface area contributed by atoms with E-state index in [1.807, 2.05) is 0 Å². The molecule has 1 fully saturated rings. The van der Waals surface area contributed by atoms with Gasteiger partial charge in [0.05, 0.1) is 17.7 Å². The van der Waals surface area contributed by atoms with Gasteiger partial charge in [-0.3, -0.25) is 4.79 Å². The van der Waals surface area contributed by atoms with Gasteiger partial charge in [0.25, 0.3) is 0 Å². The second kappa shape index (κ2) is 6.59. The number of amides is 1. The number of carbonyl (C=O) groups excluding carboxylic acids is 1. The number of rotatable bonds is 4. The Kier molecular flexibility index (Phi) is 5.05. The highest BCUT2D eigenvalue weighted by atomic mass is 35.5. The van der Waals surface area contributed by atoms with E-state index in [0.29, 0.717) is 17.8 Å². The lowest BCUT2D eigenvalue weighted by Gasteiger charge is -2.26. The van der Waals surface area contributed by atoms with Crippen molar-refractivity contribution in [3.63, 3.8) is 0 Å². The number of aliphatic hydroxyl groups is 1. The van der Waals surface area contributed by atoms with Crippen LogP contribution in [0.25, 0.3) is 0 Å². The number of hydrogen-bond acceptors (Lipinski definition) is 4. The van der Waals surface area contributed by atoms with E-state index < -0.39 is 5.60 Å². The highest BCUT2D eigenvalue weighted by molar-refractivity contribution is 6.29. The maximum atomic E-state index is 11.9. The molecule has 2 rings (SSSR count). The third kappa shape index (κ3) is 3.96. The molecule has 6 heteroatoms. The number of nitrogens with one attached hydrogen (secondary N) is 1. The summed E-state index contributed by atoms with van der Waals surface area (Å²) in [5.74, 6) is -0.170. The van der Waals surface area contributed by atoms with Gasteiger partial charge < -0.3 is 14.9 Å². The van der Waals surface area contributed by atoms with Crippen molar-refractivity contribution in [2.24, 2.45) is 0 Å². The Bertz CT molecular complexity index is 445. The summed E-state index contributed by atoms with van der Waals surface area (Å²) in [5, 5.41) is 17.1. The summed E-state index contributed by atoms with van der Waals surface area (Å²) in [6.45, 7) is 2.05. The fraction of sp³-hybridized carbons (Fsp3) is 0.714. The smallest absolute Gasteiger partial charge is 0.229 e. The van der Waals surface area contributed by atoms with Crippen molar-refractivity contribution in [2.75, 3.05) is 6.54 Å². The average molecular weight is 301 g/mol. The van der Waals surface area contributed by atoms with Crippen LogP contribution in [0.3, 0.4) is 0 Å². The Morgan fingerprint density at radius 2 is 2.05 bits per heavy atom. The Morgan fingerprint density at radius 3 is 2.60 bits per heavy atom. The van der Waals surface area contributed by atoms with Crippen molar-refractivity contribution in [1.82, 2.24) is 10.5 Å². The van der Waals surface area contributed by atoms with E-state index in [0.717, 1.165) is 38.5 Å². The third-order valence-electron chi connectivity index (χ3n) is 3.92. The number of aryl methyl sites for hydroxylation is 1. The first-order valence-corrected chi connectivity index (χ1v) is 7.48. The monoisotopic (exact) mass is 300 g/mol. The van der Waals surface area contributed by atoms with Crippen LogP contribution in [0, 0.1) is 6.92 Å². The quantitative estimate of drug-likeness (QED) is 0.837. The van der Waals surface area contributed by atoms with Gasteiger partial charge in [-0.2, -0.15) is 0 Å². The Balaban J connectivity index is 1.85. The molecule has 1 aliphatic rings. The van der Waals surface area contributed by atoms with Crippen molar-refractivity contribution < 1.29 is 14.4 Å². The largest absolute Gasteiger partial charge is 0.388 e. The van der Waals surface area contributed by atoms with Gasteiger partial charge in [0.2, 0.25) is 11.1 Å². The molecule has 0 radical (unpaired) electrons. The topological polar surface area (TPSA) is 75.4 Å². The fourth-order valence-electron chi connectivity index (χ4n) is 2.61. The summed E-state index contributed by atoms with van der Waals surface area (Å²) in [5.41, 5.74) is 0.468. The molecular weight excluding hydrogens is 280 g/mol. The van der Waals surface area contributed by atoms with E-state index in [-0.39, 0.29) is 17.5 Å². The van der Waals surface area contributed by atoms with Crippen LogP contribution in [0.4, 0.5) is 0 Å². The van der Waals surface area contributed by atoms with E-state index in [1.165, 1.54) is 0 Å². The summed E-state index contributed by atoms with van der Waals surface area (Å²) >= 11 is 5.83. The van der Waals surface area contributed by atoms with Crippen molar-refractivity contribution in [1.29, 1.82) is 0 Å². The normalized spacial score (nSPS) is 18.6. The molecule has 0 bridgehead atoms. The van der Waals surface area contributed by atoms with Gasteiger partial charge in [-0.15, -0.1) is 0 Å². The van der Waals surface area contributed by atoms with E-state index in [2.05, 4.69) is 10.5 Å². The molecule has 112 valence electrons. The third-order valence-corrected chi connectivity index (χ3v) is 4.22. The highest BCUT2D eigenvalue weighted by Crippen LogP contribution is 2.26. The van der Waals surface area contributed by atoms with Gasteiger partial charge in [-0.25, -0.2) is 0 Å². The van der Waals surface area contributed by atoms with Crippen molar-refractivity contribution in [2.45, 2.75) is 57.5 Å². The molecule has 20 heavy (non-hydrogen) atoms. The van der Waals surface area contributed by atoms with Crippen LogP contribution < -0.4 is 5.32 Å². The van der Waals surface area contributed by atoms with Crippen molar-refractivity contribution >= 4 is 17.5 Å². The number of carbonyl (C=O) groups is 1. The number of halogens is 1. The summed E-state index contributed by atoms with van der Waals surface area (Å²) in [4.78, 5) is 11.9. The first-order chi connectivity index (χ1) is 9.50. The zero-order valence-corrected chi connectivity index (χ0v) is 12.5. The molecule has 2 N–H and O–H groups in total. The van der Waals surface area contributed by atoms with Crippen LogP contribution in [-0.4, -0.2) is 28.3 Å². The number of nitrogens with zero attached hydrogens (tertiary/aromatic N) is 1. The van der Waals surface area contributed by atoms with Crippen LogP contribution in [0.1, 0.15) is 49.8 Å². The highest BCUT2D eigenvalue weighted by Gasteiger charge is 2.28. The second-order valence-corrected chi connectivity index (χ2v) is 5.96. The summed E-state index contributed by atoms with van der Waals surface area (Å²) in [6, 6.07) is 0. The van der Waals surface area contributed by atoms with Gasteiger partial charge in [-0.1, -0.05) is 30.8 Å². The molecule has 0 aromatic carbocycles. The van der Waals surface area contributed by atoms with Crippen molar-refractivity contribution in [3.05, 3.63) is 16.5 Å². The molecule has 1 heterocycles. The molecule has 5 nitrogen and oxygen atoms in total. The molecule has 0 saturated heterocycles. The number of hydrogen-bond donors (Lipinski definition) is 2. The van der Waals surface area contributed by atoms with Crippen LogP contribution in [0.2, 0.25) is 5.22 Å². The second-order valence-electron chi connectivity index (χ2n) is 5.61. The first kappa shape index (κ1) is 15.3. The van der Waals surface area contributed by atoms with E-state index >= 15 is 0 Å². The SMILES string of the molecule is Cc1noc(Cl)c1CC(=O)NCC1(O)CCCCCC1. The summed E-state index contributed by atoms with van der Waals surface area (Å²) < 4.78 is 4.81. The Labute approximate surface area is 123 Å². The van der Waals surface area contributed by atoms with Crippen LogP contribution in [0.5, 0.6) is 0 Å². The molecule has 1 amide bonds. The van der Waals surface area contributed by atoms with Gasteiger partial charge in [-0.05, 0) is 31.4 Å². The maximum Gasteiger partial charge on any atom is 0.229 e. The lowest BCUT2D eigenvalue weighted by atomic mass is 9.94. The molecule has 1 aliphatic carbocycles. The van der Waals surface area contributed by atoms with Gasteiger partial charge in [0, 0.05) is 12.1 Å². The van der Waals surface area contributed by atoms with Crippen LogP contribution in [-0.2, 0) is 11.2 Å². The van der Waals surface area contributed by atoms with Crippen LogP contribution >= 0.6 is 11.6 Å². The predicted molar refractivity (Wildman–Crippen MR) is 75.6 cm³/mol. The molecule has 1 aromatic rings. The van der Waals surface area contributed by atoms with E-state index in [1.54, 1.807) is 6.92 Å². The van der Waals surface area contributed by atoms with Gasteiger partial charge in [0.1, 0.15) is 0 Å².